The van der Waals surface area contributed by atoms with Crippen molar-refractivity contribution in [1.82, 2.24) is 10.3 Å². The second-order valence-corrected chi connectivity index (χ2v) is 8.57. The summed E-state index contributed by atoms with van der Waals surface area (Å²) in [5.41, 5.74) is 0.816. The first kappa shape index (κ1) is 24.5. The monoisotopic (exact) mass is 485 g/mol. The van der Waals surface area contributed by atoms with E-state index in [4.69, 9.17) is 4.74 Å². The first-order valence-electron chi connectivity index (χ1n) is 11.5. The molecule has 1 heterocycles. The second-order valence-electron chi connectivity index (χ2n) is 8.57. The Morgan fingerprint density at radius 2 is 1.77 bits per heavy atom. The number of fused-ring (bicyclic) bond motifs is 1. The van der Waals surface area contributed by atoms with E-state index in [1.54, 1.807) is 36.5 Å². The molecule has 1 aliphatic rings. The number of pyridine rings is 1. The van der Waals surface area contributed by atoms with Gasteiger partial charge in [-0.05, 0) is 60.9 Å². The van der Waals surface area contributed by atoms with E-state index < -0.39 is 24.0 Å². The van der Waals surface area contributed by atoms with Crippen LogP contribution in [0.1, 0.15) is 43.7 Å². The highest BCUT2D eigenvalue weighted by atomic mass is 19.4. The predicted molar refractivity (Wildman–Crippen MR) is 126 cm³/mol. The quantitative estimate of drug-likeness (QED) is 0.513. The highest BCUT2D eigenvalue weighted by Gasteiger charge is 2.47. The van der Waals surface area contributed by atoms with Gasteiger partial charge in [-0.25, -0.2) is 0 Å². The Hall–Kier alpha value is -3.62. The van der Waals surface area contributed by atoms with Crippen LogP contribution >= 0.6 is 0 Å². The van der Waals surface area contributed by atoms with Crippen LogP contribution in [0.2, 0.25) is 0 Å². The average molecular weight is 486 g/mol. The SMILES string of the molecule is COc1ccc(N(C(=O)C(F)(F)F)[C@H](C(=O)NC2CCCCC2)c2ccc3ncccc3c2)cc1. The summed E-state index contributed by atoms with van der Waals surface area (Å²) in [5.74, 6) is -2.38. The molecule has 0 unspecified atom stereocenters. The zero-order valence-electron chi connectivity index (χ0n) is 19.2. The Labute approximate surface area is 201 Å². The molecule has 9 heteroatoms. The van der Waals surface area contributed by atoms with E-state index in [1.165, 1.54) is 31.4 Å². The summed E-state index contributed by atoms with van der Waals surface area (Å²) in [5, 5.41) is 3.55. The summed E-state index contributed by atoms with van der Waals surface area (Å²) in [7, 11) is 1.43. The molecule has 3 aromatic rings. The molecule has 0 saturated heterocycles. The van der Waals surface area contributed by atoms with Gasteiger partial charge in [0.05, 0.1) is 12.6 Å². The molecule has 1 aromatic heterocycles. The van der Waals surface area contributed by atoms with Gasteiger partial charge in [0.2, 0.25) is 5.91 Å². The fraction of sp³-hybridized carbons (Fsp3) is 0.346. The lowest BCUT2D eigenvalue weighted by molar-refractivity contribution is -0.171. The number of hydrogen-bond donors (Lipinski definition) is 1. The van der Waals surface area contributed by atoms with Crippen LogP contribution in [-0.2, 0) is 9.59 Å². The maximum absolute atomic E-state index is 13.8. The van der Waals surface area contributed by atoms with Crippen LogP contribution in [0.25, 0.3) is 10.9 Å². The molecular formula is C26H26F3N3O3. The normalized spacial score (nSPS) is 15.4. The molecule has 1 saturated carbocycles. The summed E-state index contributed by atoms with van der Waals surface area (Å²) in [6.45, 7) is 0. The summed E-state index contributed by atoms with van der Waals surface area (Å²) in [6.07, 6.45) is 0.819. The number of carbonyl (C=O) groups excluding carboxylic acids is 2. The minimum absolute atomic E-state index is 0.0665. The summed E-state index contributed by atoms with van der Waals surface area (Å²) in [6, 6.07) is 12.1. The Kier molecular flexibility index (Phi) is 7.23. The van der Waals surface area contributed by atoms with Crippen LogP contribution in [0.15, 0.2) is 60.8 Å². The molecule has 1 atom stereocenters. The van der Waals surface area contributed by atoms with E-state index in [-0.39, 0.29) is 17.3 Å². The van der Waals surface area contributed by atoms with Gasteiger partial charge in [0.15, 0.2) is 0 Å². The number of benzene rings is 2. The van der Waals surface area contributed by atoms with Crippen molar-refractivity contribution >= 4 is 28.4 Å². The number of methoxy groups -OCH3 is 1. The van der Waals surface area contributed by atoms with Crippen molar-refractivity contribution in [3.8, 4) is 5.75 Å². The second kappa shape index (κ2) is 10.3. The molecule has 2 aromatic carbocycles. The van der Waals surface area contributed by atoms with Gasteiger partial charge in [0.25, 0.3) is 0 Å². The van der Waals surface area contributed by atoms with E-state index in [2.05, 4.69) is 10.3 Å². The highest BCUT2D eigenvalue weighted by Crippen LogP contribution is 2.35. The van der Waals surface area contributed by atoms with Crippen LogP contribution in [-0.4, -0.2) is 36.1 Å². The molecule has 1 fully saturated rings. The van der Waals surface area contributed by atoms with Crippen molar-refractivity contribution in [1.29, 1.82) is 0 Å². The van der Waals surface area contributed by atoms with Crippen LogP contribution < -0.4 is 15.0 Å². The third-order valence-electron chi connectivity index (χ3n) is 6.21. The van der Waals surface area contributed by atoms with E-state index in [1.807, 2.05) is 0 Å². The first-order valence-corrected chi connectivity index (χ1v) is 11.5. The third kappa shape index (κ3) is 5.55. The van der Waals surface area contributed by atoms with Crippen LogP contribution in [0, 0.1) is 0 Å². The number of halogens is 3. The van der Waals surface area contributed by atoms with Gasteiger partial charge < -0.3 is 10.1 Å². The highest BCUT2D eigenvalue weighted by molar-refractivity contribution is 6.04. The fourth-order valence-corrected chi connectivity index (χ4v) is 4.47. The van der Waals surface area contributed by atoms with E-state index >= 15 is 0 Å². The molecule has 0 aliphatic heterocycles. The fourth-order valence-electron chi connectivity index (χ4n) is 4.47. The Bertz CT molecular complexity index is 1190. The zero-order valence-corrected chi connectivity index (χ0v) is 19.2. The minimum Gasteiger partial charge on any atom is -0.497 e. The molecule has 1 N–H and O–H groups in total. The number of carbonyl (C=O) groups is 2. The van der Waals surface area contributed by atoms with Gasteiger partial charge in [-0.2, -0.15) is 13.2 Å². The van der Waals surface area contributed by atoms with Crippen molar-refractivity contribution < 1.29 is 27.5 Å². The lowest BCUT2D eigenvalue weighted by Gasteiger charge is -2.34. The Morgan fingerprint density at radius 1 is 1.06 bits per heavy atom. The van der Waals surface area contributed by atoms with Gasteiger partial charge in [-0.3, -0.25) is 19.5 Å². The molecule has 0 spiro atoms. The summed E-state index contributed by atoms with van der Waals surface area (Å²) >= 11 is 0. The number of alkyl halides is 3. The lowest BCUT2D eigenvalue weighted by atomic mass is 9.94. The topological polar surface area (TPSA) is 71.5 Å². The van der Waals surface area contributed by atoms with Gasteiger partial charge in [-0.15, -0.1) is 0 Å². The minimum atomic E-state index is -5.19. The Morgan fingerprint density at radius 3 is 2.43 bits per heavy atom. The molecule has 184 valence electrons. The van der Waals surface area contributed by atoms with Crippen molar-refractivity contribution in [2.45, 2.75) is 50.4 Å². The largest absolute Gasteiger partial charge is 0.497 e. The molecular weight excluding hydrogens is 459 g/mol. The van der Waals surface area contributed by atoms with E-state index in [0.29, 0.717) is 21.6 Å². The molecule has 0 radical (unpaired) electrons. The van der Waals surface area contributed by atoms with Crippen molar-refractivity contribution in [2.24, 2.45) is 0 Å². The standard InChI is InChI=1S/C26H26F3N3O3/c1-35-21-12-10-20(11-13-21)32(25(34)26(27,28)29)23(24(33)31-19-7-3-2-4-8-19)18-9-14-22-17(16-18)6-5-15-30-22/h5-6,9-16,19,23H,2-4,7-8H2,1H3,(H,31,33)/t23-/m0/s1. The lowest BCUT2D eigenvalue weighted by Crippen LogP contribution is -2.50. The molecule has 35 heavy (non-hydrogen) atoms. The number of rotatable bonds is 6. The summed E-state index contributed by atoms with van der Waals surface area (Å²) < 4.78 is 46.6. The van der Waals surface area contributed by atoms with Crippen molar-refractivity contribution in [3.05, 3.63) is 66.4 Å². The molecule has 4 rings (SSSR count). The molecule has 1 aliphatic carbocycles. The zero-order chi connectivity index (χ0) is 25.0. The molecule has 6 nitrogen and oxygen atoms in total. The molecule has 0 bridgehead atoms. The van der Waals surface area contributed by atoms with Gasteiger partial charge >= 0.3 is 12.1 Å². The van der Waals surface area contributed by atoms with Gasteiger partial charge in [0.1, 0.15) is 11.8 Å². The van der Waals surface area contributed by atoms with Crippen molar-refractivity contribution in [3.63, 3.8) is 0 Å². The Balaban J connectivity index is 1.83. The van der Waals surface area contributed by atoms with Gasteiger partial charge in [0, 0.05) is 23.3 Å². The number of aromatic nitrogens is 1. The van der Waals surface area contributed by atoms with Crippen LogP contribution in [0.3, 0.4) is 0 Å². The number of ether oxygens (including phenoxy) is 1. The number of nitrogens with zero attached hydrogens (tertiary/aromatic N) is 2. The number of anilines is 1. The number of nitrogens with one attached hydrogen (secondary N) is 1. The maximum atomic E-state index is 13.8. The van der Waals surface area contributed by atoms with Crippen LogP contribution in [0.5, 0.6) is 5.75 Å². The maximum Gasteiger partial charge on any atom is 0.471 e. The van der Waals surface area contributed by atoms with Crippen molar-refractivity contribution in [2.75, 3.05) is 12.0 Å². The van der Waals surface area contributed by atoms with Gasteiger partial charge in [-0.1, -0.05) is 31.4 Å². The molecule has 2 amide bonds. The first-order chi connectivity index (χ1) is 16.8. The van der Waals surface area contributed by atoms with E-state index in [0.717, 1.165) is 32.1 Å². The summed E-state index contributed by atoms with van der Waals surface area (Å²) in [4.78, 5) is 31.1. The third-order valence-corrected chi connectivity index (χ3v) is 6.21. The predicted octanol–water partition coefficient (Wildman–Crippen LogP) is 5.33. The number of amides is 2. The average Bonchev–Trinajstić information content (AvgIpc) is 2.86. The number of hydrogen-bond acceptors (Lipinski definition) is 4. The van der Waals surface area contributed by atoms with Crippen LogP contribution in [0.4, 0.5) is 18.9 Å². The smallest absolute Gasteiger partial charge is 0.471 e. The van der Waals surface area contributed by atoms with E-state index in [9.17, 15) is 22.8 Å².